The van der Waals surface area contributed by atoms with E-state index >= 15 is 0 Å². The van der Waals surface area contributed by atoms with E-state index in [0.29, 0.717) is 0 Å². The molecule has 3 fully saturated rings. The molecule has 1 aliphatic carbocycles. The highest BCUT2D eigenvalue weighted by atomic mass is 15.3. The first-order valence-corrected chi connectivity index (χ1v) is 8.25. The maximum Gasteiger partial charge on any atom is 0.0224 e. The van der Waals surface area contributed by atoms with Gasteiger partial charge in [-0.05, 0) is 45.1 Å². The molecular weight excluding hydrogens is 220 g/mol. The first kappa shape index (κ1) is 12.9. The lowest BCUT2D eigenvalue weighted by atomic mass is 9.83. The van der Waals surface area contributed by atoms with Gasteiger partial charge in [0.05, 0.1) is 0 Å². The molecule has 0 radical (unpaired) electrons. The zero-order chi connectivity index (χ0) is 12.5. The van der Waals surface area contributed by atoms with Gasteiger partial charge in [0.2, 0.25) is 0 Å². The maximum atomic E-state index is 2.89. The molecular formula is C16H30N2. The molecule has 2 saturated heterocycles. The van der Waals surface area contributed by atoms with E-state index in [1.54, 1.807) is 0 Å². The van der Waals surface area contributed by atoms with Gasteiger partial charge in [-0.3, -0.25) is 9.80 Å². The van der Waals surface area contributed by atoms with E-state index in [1.807, 2.05) is 0 Å². The van der Waals surface area contributed by atoms with Crippen LogP contribution < -0.4 is 0 Å². The van der Waals surface area contributed by atoms with E-state index in [0.717, 1.165) is 24.0 Å². The van der Waals surface area contributed by atoms with Crippen molar-refractivity contribution in [2.45, 2.75) is 76.9 Å². The smallest absolute Gasteiger partial charge is 0.0224 e. The number of fused-ring (bicyclic) bond motifs is 1. The lowest BCUT2D eigenvalue weighted by molar-refractivity contribution is -0.0288. The predicted octanol–water partition coefficient (Wildman–Crippen LogP) is 3.12. The zero-order valence-corrected chi connectivity index (χ0v) is 12.3. The van der Waals surface area contributed by atoms with Crippen LogP contribution in [0.3, 0.4) is 0 Å². The second-order valence-electron chi connectivity index (χ2n) is 7.02. The lowest BCUT2D eigenvalue weighted by Gasteiger charge is -2.52. The zero-order valence-electron chi connectivity index (χ0n) is 12.3. The van der Waals surface area contributed by atoms with Gasteiger partial charge in [0.25, 0.3) is 0 Å². The quantitative estimate of drug-likeness (QED) is 0.705. The molecule has 0 aromatic heterocycles. The molecule has 0 spiro atoms. The van der Waals surface area contributed by atoms with Crippen molar-refractivity contribution in [3.8, 4) is 0 Å². The highest BCUT2D eigenvalue weighted by molar-refractivity contribution is 4.93. The number of rotatable bonds is 1. The highest BCUT2D eigenvalue weighted by Gasteiger charge is 2.38. The molecule has 0 aromatic carbocycles. The first-order chi connectivity index (χ1) is 8.75. The average molecular weight is 250 g/mol. The van der Waals surface area contributed by atoms with Crippen molar-refractivity contribution in [2.75, 3.05) is 19.6 Å². The molecule has 4 unspecified atom stereocenters. The Morgan fingerprint density at radius 2 is 1.61 bits per heavy atom. The van der Waals surface area contributed by atoms with E-state index < -0.39 is 0 Å². The summed E-state index contributed by atoms with van der Waals surface area (Å²) in [6.07, 6.45) is 10.2. The molecule has 104 valence electrons. The molecule has 3 aliphatic rings. The van der Waals surface area contributed by atoms with Gasteiger partial charge in [-0.1, -0.05) is 26.2 Å². The van der Waals surface area contributed by atoms with Crippen LogP contribution in [0.4, 0.5) is 0 Å². The van der Waals surface area contributed by atoms with Crippen molar-refractivity contribution in [2.24, 2.45) is 5.92 Å². The summed E-state index contributed by atoms with van der Waals surface area (Å²) in [5, 5.41) is 0. The summed E-state index contributed by atoms with van der Waals surface area (Å²) in [6, 6.07) is 2.55. The standard InChI is InChI=1S/C16H30N2/c1-13-7-3-4-9-16(13)18-12-15-8-5-6-10-17(15)11-14(18)2/h13-16H,3-12H2,1-2H3. The van der Waals surface area contributed by atoms with Crippen LogP contribution in [0.1, 0.15) is 58.8 Å². The van der Waals surface area contributed by atoms with Crippen molar-refractivity contribution >= 4 is 0 Å². The number of piperidine rings is 1. The molecule has 0 amide bonds. The van der Waals surface area contributed by atoms with E-state index in [9.17, 15) is 0 Å². The Morgan fingerprint density at radius 1 is 0.833 bits per heavy atom. The van der Waals surface area contributed by atoms with Crippen LogP contribution in [0.15, 0.2) is 0 Å². The third-order valence-corrected chi connectivity index (χ3v) is 5.73. The number of piperazine rings is 1. The van der Waals surface area contributed by atoms with Crippen molar-refractivity contribution in [1.82, 2.24) is 9.80 Å². The van der Waals surface area contributed by atoms with Gasteiger partial charge < -0.3 is 0 Å². The first-order valence-electron chi connectivity index (χ1n) is 8.25. The summed E-state index contributed by atoms with van der Waals surface area (Å²) in [5.41, 5.74) is 0. The number of nitrogens with zero attached hydrogens (tertiary/aromatic N) is 2. The van der Waals surface area contributed by atoms with E-state index in [4.69, 9.17) is 0 Å². The Morgan fingerprint density at radius 3 is 2.44 bits per heavy atom. The fourth-order valence-electron chi connectivity index (χ4n) is 4.63. The summed E-state index contributed by atoms with van der Waals surface area (Å²) in [5.74, 6) is 0.927. The predicted molar refractivity (Wildman–Crippen MR) is 76.8 cm³/mol. The summed E-state index contributed by atoms with van der Waals surface area (Å²) in [4.78, 5) is 5.66. The Bertz CT molecular complexity index is 278. The normalized spacial score (nSPS) is 43.7. The molecule has 0 N–H and O–H groups in total. The fourth-order valence-corrected chi connectivity index (χ4v) is 4.63. The van der Waals surface area contributed by atoms with Crippen LogP contribution >= 0.6 is 0 Å². The molecule has 1 saturated carbocycles. The summed E-state index contributed by atoms with van der Waals surface area (Å²) < 4.78 is 0. The molecule has 3 rings (SSSR count). The molecule has 2 heterocycles. The molecule has 2 heteroatoms. The van der Waals surface area contributed by atoms with Crippen LogP contribution in [-0.4, -0.2) is 47.6 Å². The van der Waals surface area contributed by atoms with Crippen LogP contribution in [0.2, 0.25) is 0 Å². The fraction of sp³-hybridized carbons (Fsp3) is 1.00. The topological polar surface area (TPSA) is 6.48 Å². The Kier molecular flexibility index (Phi) is 3.95. The molecule has 4 atom stereocenters. The Hall–Kier alpha value is -0.0800. The minimum Gasteiger partial charge on any atom is -0.298 e. The monoisotopic (exact) mass is 250 g/mol. The number of hydrogen-bond donors (Lipinski definition) is 0. The molecule has 2 nitrogen and oxygen atoms in total. The van der Waals surface area contributed by atoms with Gasteiger partial charge in [0, 0.05) is 31.2 Å². The maximum absolute atomic E-state index is 2.89. The van der Waals surface area contributed by atoms with Crippen LogP contribution in [-0.2, 0) is 0 Å². The van der Waals surface area contributed by atoms with Gasteiger partial charge in [0.15, 0.2) is 0 Å². The SMILES string of the molecule is CC1CCCCC1N1CC2CCCCN2CC1C. The van der Waals surface area contributed by atoms with Crippen molar-refractivity contribution in [1.29, 1.82) is 0 Å². The van der Waals surface area contributed by atoms with Crippen LogP contribution in [0.5, 0.6) is 0 Å². The second kappa shape index (κ2) is 5.50. The van der Waals surface area contributed by atoms with Gasteiger partial charge in [0.1, 0.15) is 0 Å². The minimum absolute atomic E-state index is 0.782. The second-order valence-corrected chi connectivity index (χ2v) is 7.02. The summed E-state index contributed by atoms with van der Waals surface area (Å²) in [6.45, 7) is 9.00. The van der Waals surface area contributed by atoms with Crippen molar-refractivity contribution in [3.05, 3.63) is 0 Å². The lowest BCUT2D eigenvalue weighted by Crippen LogP contribution is -2.62. The largest absolute Gasteiger partial charge is 0.298 e. The summed E-state index contributed by atoms with van der Waals surface area (Å²) in [7, 11) is 0. The van der Waals surface area contributed by atoms with E-state index in [-0.39, 0.29) is 0 Å². The van der Waals surface area contributed by atoms with Crippen LogP contribution in [0, 0.1) is 5.92 Å². The minimum atomic E-state index is 0.782. The molecule has 0 bridgehead atoms. The third-order valence-electron chi connectivity index (χ3n) is 5.73. The Balaban J connectivity index is 1.67. The van der Waals surface area contributed by atoms with Crippen molar-refractivity contribution < 1.29 is 0 Å². The third kappa shape index (κ3) is 2.46. The summed E-state index contributed by atoms with van der Waals surface area (Å²) >= 11 is 0. The average Bonchev–Trinajstić information content (AvgIpc) is 2.39. The van der Waals surface area contributed by atoms with Gasteiger partial charge in [-0.15, -0.1) is 0 Å². The van der Waals surface area contributed by atoms with Crippen LogP contribution in [0.25, 0.3) is 0 Å². The highest BCUT2D eigenvalue weighted by Crippen LogP contribution is 2.33. The molecule has 18 heavy (non-hydrogen) atoms. The van der Waals surface area contributed by atoms with E-state index in [1.165, 1.54) is 64.6 Å². The van der Waals surface area contributed by atoms with Gasteiger partial charge in [-0.2, -0.15) is 0 Å². The molecule has 2 aliphatic heterocycles. The van der Waals surface area contributed by atoms with Gasteiger partial charge >= 0.3 is 0 Å². The van der Waals surface area contributed by atoms with Crippen molar-refractivity contribution in [3.63, 3.8) is 0 Å². The Labute approximate surface area is 113 Å². The van der Waals surface area contributed by atoms with Gasteiger partial charge in [-0.25, -0.2) is 0 Å². The van der Waals surface area contributed by atoms with E-state index in [2.05, 4.69) is 23.6 Å². The number of hydrogen-bond acceptors (Lipinski definition) is 2. The molecule has 0 aromatic rings.